The summed E-state index contributed by atoms with van der Waals surface area (Å²) in [5.74, 6) is -3.52. The van der Waals surface area contributed by atoms with Crippen LogP contribution in [0.5, 0.6) is 0 Å². The van der Waals surface area contributed by atoms with E-state index >= 15 is 0 Å². The summed E-state index contributed by atoms with van der Waals surface area (Å²) in [6, 6.07) is 0.681. The van der Waals surface area contributed by atoms with E-state index in [-0.39, 0.29) is 83.1 Å². The first-order chi connectivity index (χ1) is 13.1. The first-order valence-electron chi connectivity index (χ1n) is 9.74. The van der Waals surface area contributed by atoms with Gasteiger partial charge < -0.3 is 19.8 Å². The first-order valence-corrected chi connectivity index (χ1v) is 11.2. The van der Waals surface area contributed by atoms with Crippen LogP contribution in [0.25, 0.3) is 0 Å². The van der Waals surface area contributed by atoms with Crippen molar-refractivity contribution in [1.29, 1.82) is 0 Å². The molecule has 1 rings (SSSR count). The number of carboxylic acids is 2. The third-order valence-electron chi connectivity index (χ3n) is 4.77. The molecule has 0 saturated carbocycles. The van der Waals surface area contributed by atoms with Gasteiger partial charge in [-0.15, -0.1) is 0 Å². The van der Waals surface area contributed by atoms with Crippen LogP contribution in [0, 0.1) is 0 Å². The molecular weight excluding hydrogens is 430 g/mol. The summed E-state index contributed by atoms with van der Waals surface area (Å²) in [5, 5.41) is 23.2. The Morgan fingerprint density at radius 2 is 1.30 bits per heavy atom. The van der Waals surface area contributed by atoms with E-state index in [1.54, 1.807) is 0 Å². The molecule has 0 heterocycles. The van der Waals surface area contributed by atoms with Crippen molar-refractivity contribution in [2.45, 2.75) is 83.0 Å². The number of unbranched alkanes of at least 4 members (excludes halogenated alkanes) is 6. The van der Waals surface area contributed by atoms with E-state index in [0.29, 0.717) is 18.9 Å². The second-order valence-electron chi connectivity index (χ2n) is 6.93. The number of rotatable bonds is 13. The summed E-state index contributed by atoms with van der Waals surface area (Å²) in [4.78, 5) is 22.6. The Balaban J connectivity index is 0. The molecule has 10 heteroatoms. The number of hydrogen-bond donors (Lipinski definition) is 1. The molecule has 0 aliphatic rings. The topological polar surface area (TPSA) is 135 Å². The van der Waals surface area contributed by atoms with Gasteiger partial charge in [-0.3, -0.25) is 4.55 Å². The van der Waals surface area contributed by atoms with Crippen LogP contribution >= 0.6 is 0 Å². The maximum absolute atomic E-state index is 11.9. The molecular formula is C20H28Na2O7S. The Kier molecular flexibility index (Phi) is 17.0. The zero-order chi connectivity index (χ0) is 21.3. The second kappa shape index (κ2) is 15.8. The molecule has 1 aromatic carbocycles. The third-order valence-corrected chi connectivity index (χ3v) is 5.69. The predicted octanol–water partition coefficient (Wildman–Crippen LogP) is -4.09. The van der Waals surface area contributed by atoms with Gasteiger partial charge in [0.15, 0.2) is 0 Å². The molecule has 30 heavy (non-hydrogen) atoms. The Hall–Kier alpha value is 0.0700. The molecule has 7 nitrogen and oxygen atoms in total. The van der Waals surface area contributed by atoms with Gasteiger partial charge >= 0.3 is 59.1 Å². The molecule has 0 amide bonds. The third kappa shape index (κ3) is 9.69. The Morgan fingerprint density at radius 1 is 0.833 bits per heavy atom. The van der Waals surface area contributed by atoms with Gasteiger partial charge in [0, 0.05) is 11.1 Å². The zero-order valence-electron chi connectivity index (χ0n) is 18.5. The largest absolute Gasteiger partial charge is 1.00 e. The molecule has 158 valence electrons. The SMILES string of the molecule is CCCCCCc1c(S(=O)(=O)O)cc(C(=O)[O-])c(C(=O)[O-])c1CCCCCC.[Na+].[Na+]. The molecule has 1 aromatic rings. The number of aromatic carboxylic acids is 2. The van der Waals surface area contributed by atoms with Gasteiger partial charge in [-0.05, 0) is 42.9 Å². The minimum atomic E-state index is -4.74. The number of hydrogen-bond acceptors (Lipinski definition) is 6. The van der Waals surface area contributed by atoms with Gasteiger partial charge in [-0.25, -0.2) is 0 Å². The number of benzene rings is 1. The van der Waals surface area contributed by atoms with Gasteiger partial charge in [0.05, 0.1) is 16.8 Å². The van der Waals surface area contributed by atoms with E-state index in [2.05, 4.69) is 0 Å². The van der Waals surface area contributed by atoms with Crippen LogP contribution in [-0.4, -0.2) is 24.9 Å². The molecule has 0 saturated heterocycles. The number of carbonyl (C=O) groups is 2. The van der Waals surface area contributed by atoms with Crippen molar-refractivity contribution in [3.8, 4) is 0 Å². The zero-order valence-corrected chi connectivity index (χ0v) is 23.3. The molecule has 0 aliphatic carbocycles. The molecule has 0 fully saturated rings. The van der Waals surface area contributed by atoms with Crippen LogP contribution in [0.1, 0.15) is 97.1 Å². The van der Waals surface area contributed by atoms with E-state index in [9.17, 15) is 32.8 Å². The van der Waals surface area contributed by atoms with E-state index in [1.807, 2.05) is 13.8 Å². The summed E-state index contributed by atoms with van der Waals surface area (Å²) in [6.07, 6.45) is 6.92. The van der Waals surface area contributed by atoms with Gasteiger partial charge in [0.25, 0.3) is 10.1 Å². The second-order valence-corrected chi connectivity index (χ2v) is 8.32. The summed E-state index contributed by atoms with van der Waals surface area (Å²) in [7, 11) is -4.74. The molecule has 0 aromatic heterocycles. The summed E-state index contributed by atoms with van der Waals surface area (Å²) >= 11 is 0. The van der Waals surface area contributed by atoms with Crippen molar-refractivity contribution in [1.82, 2.24) is 0 Å². The normalized spacial score (nSPS) is 10.8. The van der Waals surface area contributed by atoms with Gasteiger partial charge in [0.1, 0.15) is 0 Å². The molecule has 0 spiro atoms. The summed E-state index contributed by atoms with van der Waals surface area (Å²) in [5.41, 5.74) is -1.05. The van der Waals surface area contributed by atoms with Crippen LogP contribution in [0.2, 0.25) is 0 Å². The van der Waals surface area contributed by atoms with Gasteiger partial charge in [-0.2, -0.15) is 8.42 Å². The van der Waals surface area contributed by atoms with Crippen LogP contribution < -0.4 is 69.3 Å². The van der Waals surface area contributed by atoms with Crippen molar-refractivity contribution in [3.05, 3.63) is 28.3 Å². The van der Waals surface area contributed by atoms with Crippen molar-refractivity contribution < 1.29 is 91.9 Å². The van der Waals surface area contributed by atoms with Crippen molar-refractivity contribution >= 4 is 22.1 Å². The predicted molar refractivity (Wildman–Crippen MR) is 101 cm³/mol. The van der Waals surface area contributed by atoms with E-state index < -0.39 is 38.1 Å². The molecule has 1 N–H and O–H groups in total. The van der Waals surface area contributed by atoms with Crippen LogP contribution in [0.3, 0.4) is 0 Å². The van der Waals surface area contributed by atoms with Crippen molar-refractivity contribution in [2.75, 3.05) is 0 Å². The van der Waals surface area contributed by atoms with Crippen LogP contribution in [0.4, 0.5) is 0 Å². The van der Waals surface area contributed by atoms with Gasteiger partial charge in [0.2, 0.25) is 0 Å². The van der Waals surface area contributed by atoms with Crippen molar-refractivity contribution in [3.63, 3.8) is 0 Å². The van der Waals surface area contributed by atoms with Gasteiger partial charge in [-0.1, -0.05) is 52.4 Å². The maximum atomic E-state index is 11.9. The van der Waals surface area contributed by atoms with Crippen LogP contribution in [0.15, 0.2) is 11.0 Å². The fraction of sp³-hybridized carbons (Fsp3) is 0.600. The number of carboxylic acid groups (broad SMARTS) is 2. The average molecular weight is 458 g/mol. The molecule has 0 unspecified atom stereocenters. The average Bonchev–Trinajstić information content (AvgIpc) is 2.60. The smallest absolute Gasteiger partial charge is 0.545 e. The quantitative estimate of drug-likeness (QED) is 0.180. The summed E-state index contributed by atoms with van der Waals surface area (Å²) < 4.78 is 33.5. The summed E-state index contributed by atoms with van der Waals surface area (Å²) in [6.45, 7) is 4.03. The van der Waals surface area contributed by atoms with E-state index in [0.717, 1.165) is 38.5 Å². The minimum absolute atomic E-state index is 0. The fourth-order valence-corrected chi connectivity index (χ4v) is 4.19. The number of carbonyl (C=O) groups excluding carboxylic acids is 2. The standard InChI is InChI=1S/C20H30O7S.2Na/c1-3-5-7-9-11-14-15(12-10-8-6-4-2)18(20(23)24)16(19(21)22)13-17(14)28(25,26)27;;/h13H,3-12H2,1-2H3,(H,21,22)(H,23,24)(H,25,26,27);;/q;2*+1/p-2. The Morgan fingerprint density at radius 3 is 1.67 bits per heavy atom. The monoisotopic (exact) mass is 458 g/mol. The molecule has 0 bridgehead atoms. The minimum Gasteiger partial charge on any atom is -0.545 e. The molecule has 0 aliphatic heterocycles. The first kappa shape index (κ1) is 32.3. The Bertz CT molecular complexity index is 808. The van der Waals surface area contributed by atoms with E-state index in [4.69, 9.17) is 0 Å². The maximum Gasteiger partial charge on any atom is 1.00 e. The molecule has 0 atom stereocenters. The fourth-order valence-electron chi connectivity index (χ4n) is 3.38. The molecule has 0 radical (unpaired) electrons. The van der Waals surface area contributed by atoms with Crippen molar-refractivity contribution in [2.24, 2.45) is 0 Å². The van der Waals surface area contributed by atoms with E-state index in [1.165, 1.54) is 0 Å². The van der Waals surface area contributed by atoms with Crippen LogP contribution in [-0.2, 0) is 23.0 Å². The Labute approximate surface area is 223 Å².